The summed E-state index contributed by atoms with van der Waals surface area (Å²) in [5, 5.41) is -0.102. The lowest BCUT2D eigenvalue weighted by Gasteiger charge is -2.40. The monoisotopic (exact) mass is 422 g/mol. The molecule has 0 aromatic carbocycles. The second-order valence-electron chi connectivity index (χ2n) is 6.55. The van der Waals surface area contributed by atoms with Crippen LogP contribution in [-0.2, 0) is 4.74 Å². The standard InChI is InChI=1S/C19H23ClN4O5/c1-2-3-9-27-19(26)23-7-8-24(17(25)16-13-29-18(20)22-16)14(11-23)12-28-15-5-4-6-21-10-15/h4-6,10,13-14H,2-3,7-9,11-12H2,1H3. The van der Waals surface area contributed by atoms with E-state index in [-0.39, 0.29) is 36.2 Å². The summed E-state index contributed by atoms with van der Waals surface area (Å²) in [7, 11) is 0. The van der Waals surface area contributed by atoms with E-state index in [1.165, 1.54) is 6.26 Å². The minimum Gasteiger partial charge on any atom is -0.490 e. The van der Waals surface area contributed by atoms with Crippen molar-refractivity contribution in [2.24, 2.45) is 0 Å². The molecule has 3 rings (SSSR count). The number of nitrogens with zero attached hydrogens (tertiary/aromatic N) is 4. The SMILES string of the molecule is CCCCOC(=O)N1CCN(C(=O)c2coc(Cl)n2)C(COc2cccnc2)C1. The highest BCUT2D eigenvalue weighted by Crippen LogP contribution is 2.18. The molecular formula is C19H23ClN4O5. The number of amides is 2. The van der Waals surface area contributed by atoms with Crippen molar-refractivity contribution in [3.63, 3.8) is 0 Å². The number of carbonyl (C=O) groups excluding carboxylic acids is 2. The number of pyridine rings is 1. The molecule has 0 saturated carbocycles. The van der Waals surface area contributed by atoms with Crippen LogP contribution in [-0.4, -0.2) is 70.7 Å². The maximum atomic E-state index is 12.9. The smallest absolute Gasteiger partial charge is 0.409 e. The van der Waals surface area contributed by atoms with E-state index < -0.39 is 6.04 Å². The molecular weight excluding hydrogens is 400 g/mol. The Morgan fingerprint density at radius 2 is 2.24 bits per heavy atom. The van der Waals surface area contributed by atoms with Crippen molar-refractivity contribution >= 4 is 23.6 Å². The van der Waals surface area contributed by atoms with Gasteiger partial charge in [0.25, 0.3) is 11.3 Å². The van der Waals surface area contributed by atoms with Crippen LogP contribution in [0.15, 0.2) is 35.2 Å². The third kappa shape index (κ3) is 5.60. The summed E-state index contributed by atoms with van der Waals surface area (Å²) in [6, 6.07) is 3.13. The zero-order valence-corrected chi connectivity index (χ0v) is 16.9. The molecule has 9 nitrogen and oxygen atoms in total. The Bertz CT molecular complexity index is 816. The summed E-state index contributed by atoms with van der Waals surface area (Å²) in [5.41, 5.74) is 0.111. The number of unbranched alkanes of at least 4 members (excludes halogenated alkanes) is 1. The van der Waals surface area contributed by atoms with Crippen molar-refractivity contribution in [3.05, 3.63) is 41.8 Å². The van der Waals surface area contributed by atoms with Crippen molar-refractivity contribution in [2.75, 3.05) is 32.8 Å². The molecule has 10 heteroatoms. The van der Waals surface area contributed by atoms with Crippen LogP contribution in [0.1, 0.15) is 30.3 Å². The maximum absolute atomic E-state index is 12.9. The first-order valence-electron chi connectivity index (χ1n) is 9.45. The second kappa shape index (κ2) is 10.1. The minimum absolute atomic E-state index is 0.102. The number of hydrogen-bond acceptors (Lipinski definition) is 7. The molecule has 0 bridgehead atoms. The molecule has 2 amide bonds. The fraction of sp³-hybridized carbons (Fsp3) is 0.474. The molecule has 1 unspecified atom stereocenters. The summed E-state index contributed by atoms with van der Waals surface area (Å²) in [5.74, 6) is 0.242. The van der Waals surface area contributed by atoms with E-state index in [9.17, 15) is 9.59 Å². The molecule has 2 aromatic rings. The van der Waals surface area contributed by atoms with Gasteiger partial charge in [-0.2, -0.15) is 4.98 Å². The molecule has 1 atom stereocenters. The van der Waals surface area contributed by atoms with Gasteiger partial charge in [0, 0.05) is 25.8 Å². The molecule has 0 aliphatic carbocycles. The van der Waals surface area contributed by atoms with Gasteiger partial charge in [0.15, 0.2) is 5.69 Å². The van der Waals surface area contributed by atoms with Gasteiger partial charge in [-0.15, -0.1) is 0 Å². The Morgan fingerprint density at radius 1 is 1.38 bits per heavy atom. The third-order valence-electron chi connectivity index (χ3n) is 4.50. The second-order valence-corrected chi connectivity index (χ2v) is 6.88. The minimum atomic E-state index is -0.398. The average molecular weight is 423 g/mol. The topological polar surface area (TPSA) is 98.0 Å². The van der Waals surface area contributed by atoms with Gasteiger partial charge in [-0.3, -0.25) is 9.78 Å². The lowest BCUT2D eigenvalue weighted by Crippen LogP contribution is -2.58. The number of oxazole rings is 1. The normalized spacial score (nSPS) is 16.6. The first-order valence-corrected chi connectivity index (χ1v) is 9.82. The molecule has 29 heavy (non-hydrogen) atoms. The molecule has 1 aliphatic heterocycles. The van der Waals surface area contributed by atoms with Crippen LogP contribution >= 0.6 is 11.6 Å². The van der Waals surface area contributed by atoms with Crippen LogP contribution in [0.4, 0.5) is 4.79 Å². The molecule has 3 heterocycles. The summed E-state index contributed by atoms with van der Waals surface area (Å²) in [6.07, 6.45) is 5.81. The molecule has 1 aliphatic rings. The van der Waals surface area contributed by atoms with Gasteiger partial charge in [-0.1, -0.05) is 13.3 Å². The molecule has 156 valence electrons. The summed E-state index contributed by atoms with van der Waals surface area (Å²) in [4.78, 5) is 36.3. The quantitative estimate of drug-likeness (QED) is 0.632. The van der Waals surface area contributed by atoms with E-state index in [2.05, 4.69) is 9.97 Å². The number of halogens is 1. The highest BCUT2D eigenvalue weighted by atomic mass is 35.5. The molecule has 0 spiro atoms. The Morgan fingerprint density at radius 3 is 2.93 bits per heavy atom. The van der Waals surface area contributed by atoms with Gasteiger partial charge in [0.2, 0.25) is 0 Å². The Labute approximate surface area is 173 Å². The Kier molecular flexibility index (Phi) is 7.29. The van der Waals surface area contributed by atoms with Crippen LogP contribution < -0.4 is 4.74 Å². The number of aromatic nitrogens is 2. The molecule has 0 radical (unpaired) electrons. The number of hydrogen-bond donors (Lipinski definition) is 0. The highest BCUT2D eigenvalue weighted by Gasteiger charge is 2.35. The van der Waals surface area contributed by atoms with Crippen molar-refractivity contribution in [2.45, 2.75) is 25.8 Å². The molecule has 2 aromatic heterocycles. The molecule has 0 N–H and O–H groups in total. The van der Waals surface area contributed by atoms with Gasteiger partial charge in [-0.25, -0.2) is 4.79 Å². The van der Waals surface area contributed by atoms with Gasteiger partial charge in [0.1, 0.15) is 18.6 Å². The number of carbonyl (C=O) groups is 2. The summed E-state index contributed by atoms with van der Waals surface area (Å²) in [6.45, 7) is 3.53. The summed E-state index contributed by atoms with van der Waals surface area (Å²) < 4.78 is 16.0. The predicted molar refractivity (Wildman–Crippen MR) is 104 cm³/mol. The van der Waals surface area contributed by atoms with Crippen LogP contribution in [0.25, 0.3) is 0 Å². The highest BCUT2D eigenvalue weighted by molar-refractivity contribution is 6.27. The van der Waals surface area contributed by atoms with Crippen LogP contribution in [0.3, 0.4) is 0 Å². The fourth-order valence-electron chi connectivity index (χ4n) is 2.95. The van der Waals surface area contributed by atoms with E-state index in [1.54, 1.807) is 34.3 Å². The van der Waals surface area contributed by atoms with Crippen molar-refractivity contribution in [1.29, 1.82) is 0 Å². The van der Waals surface area contributed by atoms with Crippen LogP contribution in [0.5, 0.6) is 5.75 Å². The zero-order chi connectivity index (χ0) is 20.6. The van der Waals surface area contributed by atoms with Gasteiger partial charge in [-0.05, 0) is 30.2 Å². The largest absolute Gasteiger partial charge is 0.490 e. The lowest BCUT2D eigenvalue weighted by atomic mass is 10.1. The van der Waals surface area contributed by atoms with E-state index in [1.807, 2.05) is 6.92 Å². The van der Waals surface area contributed by atoms with Crippen molar-refractivity contribution < 1.29 is 23.5 Å². The zero-order valence-electron chi connectivity index (χ0n) is 16.1. The van der Waals surface area contributed by atoms with E-state index >= 15 is 0 Å². The van der Waals surface area contributed by atoms with Crippen LogP contribution in [0.2, 0.25) is 5.35 Å². The van der Waals surface area contributed by atoms with E-state index in [0.717, 1.165) is 12.8 Å². The fourth-order valence-corrected chi connectivity index (χ4v) is 3.08. The summed E-state index contributed by atoms with van der Waals surface area (Å²) >= 11 is 5.70. The first-order chi connectivity index (χ1) is 14.1. The first kappa shape index (κ1) is 20.9. The molecule has 1 fully saturated rings. The molecule has 1 saturated heterocycles. The van der Waals surface area contributed by atoms with Crippen molar-refractivity contribution in [1.82, 2.24) is 19.8 Å². The van der Waals surface area contributed by atoms with Crippen LogP contribution in [0, 0.1) is 0 Å². The predicted octanol–water partition coefficient (Wildman–Crippen LogP) is 2.87. The van der Waals surface area contributed by atoms with E-state index in [4.69, 9.17) is 25.5 Å². The van der Waals surface area contributed by atoms with Crippen molar-refractivity contribution in [3.8, 4) is 5.75 Å². The van der Waals surface area contributed by atoms with Gasteiger partial charge >= 0.3 is 6.09 Å². The van der Waals surface area contributed by atoms with Gasteiger partial charge in [0.05, 0.1) is 18.8 Å². The Hall–Kier alpha value is -2.81. The average Bonchev–Trinajstić information content (AvgIpc) is 3.18. The van der Waals surface area contributed by atoms with Gasteiger partial charge < -0.3 is 23.7 Å². The number of piperazine rings is 1. The lowest BCUT2D eigenvalue weighted by molar-refractivity contribution is 0.0269. The van der Waals surface area contributed by atoms with E-state index in [0.29, 0.717) is 25.4 Å². The number of ether oxygens (including phenoxy) is 2. The Balaban J connectivity index is 1.69. The number of rotatable bonds is 7. The third-order valence-corrected chi connectivity index (χ3v) is 4.67. The maximum Gasteiger partial charge on any atom is 0.409 e.